The number of piperazine rings is 1. The number of carbonyl (C=O) groups is 2. The Morgan fingerprint density at radius 1 is 0.935 bits per heavy atom. The highest BCUT2D eigenvalue weighted by Gasteiger charge is 2.35. The first-order valence-electron chi connectivity index (χ1n) is 9.84. The van der Waals surface area contributed by atoms with E-state index < -0.39 is 6.04 Å². The molecule has 3 aromatic carbocycles. The van der Waals surface area contributed by atoms with Crippen molar-refractivity contribution < 1.29 is 14.3 Å². The minimum Gasteiger partial charge on any atom is -0.457 e. The third-order valence-electron chi connectivity index (χ3n) is 5.21. The molecular weight excluding hydrogens is 435 g/mol. The van der Waals surface area contributed by atoms with E-state index in [9.17, 15) is 9.59 Å². The molecule has 0 bridgehead atoms. The van der Waals surface area contributed by atoms with Crippen molar-refractivity contribution in [2.24, 2.45) is 0 Å². The molecule has 5 nitrogen and oxygen atoms in total. The molecule has 2 amide bonds. The third-order valence-corrected chi connectivity index (χ3v) is 5.75. The topological polar surface area (TPSA) is 49.9 Å². The molecule has 1 aliphatic rings. The minimum absolute atomic E-state index is 0.151. The van der Waals surface area contributed by atoms with Crippen LogP contribution in [0.1, 0.15) is 17.3 Å². The lowest BCUT2D eigenvalue weighted by Crippen LogP contribution is -2.57. The van der Waals surface area contributed by atoms with E-state index in [0.717, 1.165) is 11.4 Å². The Kier molecular flexibility index (Phi) is 6.16. The van der Waals surface area contributed by atoms with E-state index >= 15 is 0 Å². The summed E-state index contributed by atoms with van der Waals surface area (Å²) in [5.74, 6) is 0.991. The fraction of sp³-hybridized carbons (Fsp3) is 0.167. The Hall–Kier alpha value is -3.02. The molecule has 158 valence electrons. The van der Waals surface area contributed by atoms with Crippen LogP contribution in [0.3, 0.4) is 0 Å². The summed E-state index contributed by atoms with van der Waals surface area (Å²) >= 11 is 12.1. The van der Waals surface area contributed by atoms with Gasteiger partial charge in [0.1, 0.15) is 17.5 Å². The van der Waals surface area contributed by atoms with Crippen LogP contribution >= 0.6 is 23.2 Å². The molecule has 0 radical (unpaired) electrons. The van der Waals surface area contributed by atoms with E-state index in [1.165, 1.54) is 6.07 Å². The van der Waals surface area contributed by atoms with E-state index in [2.05, 4.69) is 0 Å². The summed E-state index contributed by atoms with van der Waals surface area (Å²) in [5, 5.41) is 0.726. The lowest BCUT2D eigenvalue weighted by molar-refractivity contribution is -0.124. The van der Waals surface area contributed by atoms with Crippen molar-refractivity contribution in [2.75, 3.05) is 18.0 Å². The van der Waals surface area contributed by atoms with Gasteiger partial charge in [-0.2, -0.15) is 0 Å². The number of anilines is 1. The molecule has 1 heterocycles. The predicted molar refractivity (Wildman–Crippen MR) is 122 cm³/mol. The maximum absolute atomic E-state index is 13.0. The first kappa shape index (κ1) is 21.2. The lowest BCUT2D eigenvalue weighted by atomic mass is 10.1. The Morgan fingerprint density at radius 2 is 1.61 bits per heavy atom. The second-order valence-electron chi connectivity index (χ2n) is 7.20. The van der Waals surface area contributed by atoms with Gasteiger partial charge in [-0.1, -0.05) is 41.4 Å². The van der Waals surface area contributed by atoms with E-state index in [1.54, 1.807) is 28.9 Å². The Morgan fingerprint density at radius 3 is 2.29 bits per heavy atom. The van der Waals surface area contributed by atoms with E-state index in [4.69, 9.17) is 27.9 Å². The van der Waals surface area contributed by atoms with E-state index in [0.29, 0.717) is 29.4 Å². The molecule has 1 fully saturated rings. The summed E-state index contributed by atoms with van der Waals surface area (Å²) < 4.78 is 5.81. The first-order chi connectivity index (χ1) is 14.9. The molecule has 0 aliphatic carbocycles. The van der Waals surface area contributed by atoms with Gasteiger partial charge in [0, 0.05) is 23.8 Å². The fourth-order valence-electron chi connectivity index (χ4n) is 3.54. The van der Waals surface area contributed by atoms with Gasteiger partial charge in [0.2, 0.25) is 5.91 Å². The number of rotatable bonds is 4. The van der Waals surface area contributed by atoms with Gasteiger partial charge in [0.25, 0.3) is 5.91 Å². The van der Waals surface area contributed by atoms with Crippen LogP contribution in [0.4, 0.5) is 5.69 Å². The summed E-state index contributed by atoms with van der Waals surface area (Å²) in [5.41, 5.74) is 1.09. The van der Waals surface area contributed by atoms with Gasteiger partial charge in [0.15, 0.2) is 0 Å². The summed E-state index contributed by atoms with van der Waals surface area (Å²) in [6, 6.07) is 20.9. The molecule has 1 saturated heterocycles. The van der Waals surface area contributed by atoms with Crippen LogP contribution in [0.15, 0.2) is 72.8 Å². The maximum Gasteiger partial charge on any atom is 0.256 e. The van der Waals surface area contributed by atoms with Crippen molar-refractivity contribution in [1.82, 2.24) is 4.90 Å². The van der Waals surface area contributed by atoms with Gasteiger partial charge < -0.3 is 14.5 Å². The molecule has 31 heavy (non-hydrogen) atoms. The van der Waals surface area contributed by atoms with Crippen LogP contribution in [0, 0.1) is 0 Å². The van der Waals surface area contributed by atoms with Gasteiger partial charge in [-0.3, -0.25) is 9.59 Å². The highest BCUT2D eigenvalue weighted by atomic mass is 35.5. The highest BCUT2D eigenvalue weighted by Crippen LogP contribution is 2.28. The van der Waals surface area contributed by atoms with Crippen molar-refractivity contribution >= 4 is 40.7 Å². The standard InChI is InChI=1S/C24H20Cl2N2O3/c1-16-23(29)28(14-13-27(16)24(30)21-12-7-17(25)15-22(21)26)18-8-10-20(11-9-18)31-19-5-3-2-4-6-19/h2-12,15-16H,13-14H2,1H3. The van der Waals surface area contributed by atoms with Gasteiger partial charge >= 0.3 is 0 Å². The van der Waals surface area contributed by atoms with Crippen molar-refractivity contribution in [3.63, 3.8) is 0 Å². The number of nitrogens with zero attached hydrogens (tertiary/aromatic N) is 2. The van der Waals surface area contributed by atoms with Crippen LogP contribution in [0.25, 0.3) is 0 Å². The second-order valence-corrected chi connectivity index (χ2v) is 8.04. The van der Waals surface area contributed by atoms with Gasteiger partial charge in [-0.05, 0) is 61.5 Å². The maximum atomic E-state index is 13.0. The van der Waals surface area contributed by atoms with Crippen LogP contribution in [0.5, 0.6) is 11.5 Å². The van der Waals surface area contributed by atoms with E-state index in [1.807, 2.05) is 54.6 Å². The molecule has 1 atom stereocenters. The number of hydrogen-bond acceptors (Lipinski definition) is 3. The molecule has 0 N–H and O–H groups in total. The average molecular weight is 455 g/mol. The zero-order valence-electron chi connectivity index (χ0n) is 16.8. The lowest BCUT2D eigenvalue weighted by Gasteiger charge is -2.39. The minimum atomic E-state index is -0.617. The Balaban J connectivity index is 1.46. The average Bonchev–Trinajstić information content (AvgIpc) is 2.77. The van der Waals surface area contributed by atoms with Gasteiger partial charge in [-0.15, -0.1) is 0 Å². The number of amides is 2. The Bertz CT molecular complexity index is 1100. The van der Waals surface area contributed by atoms with E-state index in [-0.39, 0.29) is 16.8 Å². The number of hydrogen-bond donors (Lipinski definition) is 0. The van der Waals surface area contributed by atoms with Crippen molar-refractivity contribution in [3.8, 4) is 11.5 Å². The predicted octanol–water partition coefficient (Wildman–Crippen LogP) is 5.66. The molecular formula is C24H20Cl2N2O3. The number of benzene rings is 3. The smallest absolute Gasteiger partial charge is 0.256 e. The zero-order chi connectivity index (χ0) is 22.0. The van der Waals surface area contributed by atoms with Crippen LogP contribution in [-0.4, -0.2) is 35.8 Å². The number of para-hydroxylation sites is 1. The fourth-order valence-corrected chi connectivity index (χ4v) is 4.03. The van der Waals surface area contributed by atoms with Gasteiger partial charge in [-0.25, -0.2) is 0 Å². The second kappa shape index (κ2) is 9.00. The summed E-state index contributed by atoms with van der Waals surface area (Å²) in [6.45, 7) is 2.51. The molecule has 7 heteroatoms. The van der Waals surface area contributed by atoms with Crippen molar-refractivity contribution in [2.45, 2.75) is 13.0 Å². The summed E-state index contributed by atoms with van der Waals surface area (Å²) in [6.07, 6.45) is 0. The van der Waals surface area contributed by atoms with Crippen LogP contribution in [-0.2, 0) is 4.79 Å². The molecule has 0 aromatic heterocycles. The molecule has 0 spiro atoms. The number of halogens is 2. The molecule has 0 saturated carbocycles. The zero-order valence-corrected chi connectivity index (χ0v) is 18.3. The summed E-state index contributed by atoms with van der Waals surface area (Å²) in [4.78, 5) is 29.2. The molecule has 3 aromatic rings. The number of carbonyl (C=O) groups excluding carboxylic acids is 2. The number of ether oxygens (including phenoxy) is 1. The SMILES string of the molecule is CC1C(=O)N(c2ccc(Oc3ccccc3)cc2)CCN1C(=O)c1ccc(Cl)cc1Cl. The largest absolute Gasteiger partial charge is 0.457 e. The van der Waals surface area contributed by atoms with Crippen molar-refractivity contribution in [3.05, 3.63) is 88.4 Å². The normalized spacial score (nSPS) is 16.4. The highest BCUT2D eigenvalue weighted by molar-refractivity contribution is 6.36. The summed E-state index contributed by atoms with van der Waals surface area (Å²) in [7, 11) is 0. The van der Waals surface area contributed by atoms with Crippen LogP contribution in [0.2, 0.25) is 10.0 Å². The Labute approximate surface area is 190 Å². The quantitative estimate of drug-likeness (QED) is 0.510. The monoisotopic (exact) mass is 454 g/mol. The van der Waals surface area contributed by atoms with Crippen LogP contribution < -0.4 is 9.64 Å². The first-order valence-corrected chi connectivity index (χ1v) is 10.6. The van der Waals surface area contributed by atoms with Gasteiger partial charge in [0.05, 0.1) is 10.6 Å². The third kappa shape index (κ3) is 4.53. The van der Waals surface area contributed by atoms with Crippen molar-refractivity contribution in [1.29, 1.82) is 0 Å². The molecule has 4 rings (SSSR count). The molecule has 1 aliphatic heterocycles. The molecule has 1 unspecified atom stereocenters.